The van der Waals surface area contributed by atoms with Crippen LogP contribution in [0.4, 0.5) is 0 Å². The van der Waals surface area contributed by atoms with Gasteiger partial charge in [-0.25, -0.2) is 0 Å². The molecule has 0 aliphatic carbocycles. The van der Waals surface area contributed by atoms with Crippen molar-refractivity contribution >= 4 is 29.0 Å². The molecule has 0 aromatic heterocycles. The van der Waals surface area contributed by atoms with Crippen LogP contribution in [0.3, 0.4) is 0 Å². The largest absolute Gasteiger partial charge is 0.491 e. The average molecular weight is 260 g/mol. The number of rotatable bonds is 1. The van der Waals surface area contributed by atoms with Gasteiger partial charge in [-0.3, -0.25) is 4.79 Å². The number of benzene rings is 1. The molecule has 0 bridgehead atoms. The minimum absolute atomic E-state index is 0.0189. The highest BCUT2D eigenvalue weighted by atomic mass is 35.5. The topological polar surface area (TPSA) is 38.3 Å². The number of halogens is 2. The summed E-state index contributed by atoms with van der Waals surface area (Å²) >= 11 is 11.8. The molecule has 86 valence electrons. The van der Waals surface area contributed by atoms with Crippen molar-refractivity contribution in [2.75, 3.05) is 13.7 Å². The summed E-state index contributed by atoms with van der Waals surface area (Å²) in [4.78, 5) is 11.9. The van der Waals surface area contributed by atoms with Gasteiger partial charge in [0.25, 0.3) is 0 Å². The Hall–Kier alpha value is -0.770. The van der Waals surface area contributed by atoms with E-state index < -0.39 is 0 Å². The van der Waals surface area contributed by atoms with Crippen LogP contribution in [-0.4, -0.2) is 25.5 Å². The van der Waals surface area contributed by atoms with Crippen LogP contribution in [0.25, 0.3) is 0 Å². The summed E-state index contributed by atoms with van der Waals surface area (Å²) < 4.78 is 5.53. The Morgan fingerprint density at radius 1 is 1.38 bits per heavy atom. The first-order valence-corrected chi connectivity index (χ1v) is 5.69. The molecule has 1 N–H and O–H groups in total. The molecule has 1 atom stereocenters. The number of nitrogens with one attached hydrogen (secondary N) is 1. The molecule has 0 spiro atoms. The van der Waals surface area contributed by atoms with Gasteiger partial charge >= 0.3 is 0 Å². The van der Waals surface area contributed by atoms with Crippen molar-refractivity contribution in [1.82, 2.24) is 5.32 Å². The quantitative estimate of drug-likeness (QED) is 0.843. The van der Waals surface area contributed by atoms with Gasteiger partial charge in [-0.2, -0.15) is 0 Å². The predicted octanol–water partition coefficient (Wildman–Crippen LogP) is 2.55. The van der Waals surface area contributed by atoms with Crippen molar-refractivity contribution in [3.05, 3.63) is 27.7 Å². The fraction of sp³-hybridized carbons (Fsp3) is 0.364. The van der Waals surface area contributed by atoms with E-state index in [1.165, 1.54) is 0 Å². The molecule has 16 heavy (non-hydrogen) atoms. The summed E-state index contributed by atoms with van der Waals surface area (Å²) in [5.74, 6) is 0.530. The number of Topliss-reactive ketones (excluding diaryl/α,β-unsaturated/α-hetero) is 1. The third-order valence-corrected chi connectivity index (χ3v) is 3.33. The maximum Gasteiger partial charge on any atom is 0.168 e. The molecule has 5 heteroatoms. The summed E-state index contributed by atoms with van der Waals surface area (Å²) in [6.07, 6.45) is 0.404. The normalized spacial score (nSPS) is 19.9. The lowest BCUT2D eigenvalue weighted by molar-refractivity contribution is 0.0972. The second-order valence-electron chi connectivity index (χ2n) is 3.69. The van der Waals surface area contributed by atoms with Gasteiger partial charge in [0.1, 0.15) is 12.4 Å². The molecule has 3 nitrogen and oxygen atoms in total. The Morgan fingerprint density at radius 2 is 2.06 bits per heavy atom. The van der Waals surface area contributed by atoms with Crippen molar-refractivity contribution in [1.29, 1.82) is 0 Å². The molecule has 0 fully saturated rings. The summed E-state index contributed by atoms with van der Waals surface area (Å²) in [5, 5.41) is 3.80. The fourth-order valence-corrected chi connectivity index (χ4v) is 1.95. The minimum Gasteiger partial charge on any atom is -0.491 e. The zero-order valence-corrected chi connectivity index (χ0v) is 10.2. The standard InChI is InChI=1S/C11H11Cl2NO2/c1-14-6-2-10(15)7-3-8(12)9(13)4-11(7)16-5-6/h3-4,6,14H,2,5H2,1H3. The van der Waals surface area contributed by atoms with Crippen molar-refractivity contribution in [2.45, 2.75) is 12.5 Å². The molecule has 1 aliphatic rings. The van der Waals surface area contributed by atoms with Gasteiger partial charge in [0.15, 0.2) is 5.78 Å². The molecule has 0 amide bonds. The van der Waals surface area contributed by atoms with Gasteiger partial charge < -0.3 is 10.1 Å². The second kappa shape index (κ2) is 4.62. The maximum absolute atomic E-state index is 11.9. The van der Waals surface area contributed by atoms with Crippen LogP contribution in [0.1, 0.15) is 16.8 Å². The Morgan fingerprint density at radius 3 is 2.75 bits per heavy atom. The van der Waals surface area contributed by atoms with E-state index in [0.717, 1.165) is 0 Å². The number of ether oxygens (including phenoxy) is 1. The Bertz CT molecular complexity index is 434. The molecule has 1 heterocycles. The molecule has 0 saturated carbocycles. The highest BCUT2D eigenvalue weighted by Gasteiger charge is 2.23. The van der Waals surface area contributed by atoms with Crippen molar-refractivity contribution in [3.8, 4) is 5.75 Å². The number of hydrogen-bond acceptors (Lipinski definition) is 3. The highest BCUT2D eigenvalue weighted by molar-refractivity contribution is 6.42. The molecule has 0 saturated heterocycles. The van der Waals surface area contributed by atoms with Gasteiger partial charge in [0.05, 0.1) is 15.6 Å². The number of carbonyl (C=O) groups excluding carboxylic acids is 1. The van der Waals surface area contributed by atoms with Gasteiger partial charge in [-0.1, -0.05) is 23.2 Å². The van der Waals surface area contributed by atoms with E-state index in [1.807, 2.05) is 0 Å². The van der Waals surface area contributed by atoms with E-state index >= 15 is 0 Å². The van der Waals surface area contributed by atoms with E-state index in [1.54, 1.807) is 19.2 Å². The van der Waals surface area contributed by atoms with Crippen LogP contribution in [0, 0.1) is 0 Å². The smallest absolute Gasteiger partial charge is 0.168 e. The predicted molar refractivity (Wildman–Crippen MR) is 63.8 cm³/mol. The maximum atomic E-state index is 11.9. The highest BCUT2D eigenvalue weighted by Crippen LogP contribution is 2.33. The van der Waals surface area contributed by atoms with Crippen LogP contribution < -0.4 is 10.1 Å². The van der Waals surface area contributed by atoms with Crippen LogP contribution in [0.5, 0.6) is 5.75 Å². The first kappa shape index (κ1) is 11.7. The number of likely N-dealkylation sites (N-methyl/N-ethyl adjacent to an activating group) is 1. The van der Waals surface area contributed by atoms with Crippen LogP contribution in [0.2, 0.25) is 10.0 Å². The SMILES string of the molecule is CNC1COc2cc(Cl)c(Cl)cc2C(=O)C1. The third-order valence-electron chi connectivity index (χ3n) is 2.60. The molecule has 1 aromatic carbocycles. The molecule has 1 aromatic rings. The van der Waals surface area contributed by atoms with Gasteiger partial charge in [0.2, 0.25) is 0 Å². The van der Waals surface area contributed by atoms with E-state index in [0.29, 0.717) is 34.4 Å². The average Bonchev–Trinajstić information content (AvgIpc) is 2.41. The number of hydrogen-bond donors (Lipinski definition) is 1. The number of carbonyl (C=O) groups is 1. The van der Waals surface area contributed by atoms with Crippen LogP contribution in [-0.2, 0) is 0 Å². The summed E-state index contributed by atoms with van der Waals surface area (Å²) in [6.45, 7) is 0.452. The Balaban J connectivity index is 2.41. The zero-order chi connectivity index (χ0) is 11.7. The molecular weight excluding hydrogens is 249 g/mol. The zero-order valence-electron chi connectivity index (χ0n) is 8.72. The summed E-state index contributed by atoms with van der Waals surface area (Å²) in [7, 11) is 1.80. The minimum atomic E-state index is 0.0189. The monoisotopic (exact) mass is 259 g/mol. The van der Waals surface area contributed by atoms with Crippen molar-refractivity contribution in [3.63, 3.8) is 0 Å². The molecule has 1 aliphatic heterocycles. The number of fused-ring (bicyclic) bond motifs is 1. The van der Waals surface area contributed by atoms with Gasteiger partial charge in [-0.05, 0) is 13.1 Å². The van der Waals surface area contributed by atoms with Gasteiger partial charge in [-0.15, -0.1) is 0 Å². The molecule has 0 radical (unpaired) electrons. The lowest BCUT2D eigenvalue weighted by Gasteiger charge is -2.11. The van der Waals surface area contributed by atoms with Crippen LogP contribution >= 0.6 is 23.2 Å². The van der Waals surface area contributed by atoms with E-state index in [9.17, 15) is 4.79 Å². The third kappa shape index (κ3) is 2.17. The molecule has 2 rings (SSSR count). The first-order valence-electron chi connectivity index (χ1n) is 4.94. The lowest BCUT2D eigenvalue weighted by atomic mass is 10.0. The van der Waals surface area contributed by atoms with Crippen LogP contribution in [0.15, 0.2) is 12.1 Å². The summed E-state index contributed by atoms with van der Waals surface area (Å²) in [5.41, 5.74) is 0.507. The van der Waals surface area contributed by atoms with Crippen molar-refractivity contribution < 1.29 is 9.53 Å². The molecular formula is C11H11Cl2NO2. The van der Waals surface area contributed by atoms with Crippen molar-refractivity contribution in [2.24, 2.45) is 0 Å². The van der Waals surface area contributed by atoms with E-state index in [4.69, 9.17) is 27.9 Å². The first-order chi connectivity index (χ1) is 7.61. The molecule has 1 unspecified atom stereocenters. The lowest BCUT2D eigenvalue weighted by Crippen LogP contribution is -2.32. The number of ketones is 1. The summed E-state index contributed by atoms with van der Waals surface area (Å²) in [6, 6.07) is 3.19. The second-order valence-corrected chi connectivity index (χ2v) is 4.50. The van der Waals surface area contributed by atoms with E-state index in [2.05, 4.69) is 5.32 Å². The van der Waals surface area contributed by atoms with Gasteiger partial charge in [0, 0.05) is 18.5 Å². The van der Waals surface area contributed by atoms with E-state index in [-0.39, 0.29) is 11.8 Å². The Labute approximate surface area is 104 Å². The Kier molecular flexibility index (Phi) is 3.38. The fourth-order valence-electron chi connectivity index (χ4n) is 1.63.